The van der Waals surface area contributed by atoms with Crippen LogP contribution in [0.3, 0.4) is 0 Å². The smallest absolute Gasteiger partial charge is 0.143 e. The van der Waals surface area contributed by atoms with Crippen molar-refractivity contribution in [3.05, 3.63) is 29.8 Å². The fourth-order valence-corrected chi connectivity index (χ4v) is 2.42. The topological polar surface area (TPSA) is 21.7 Å². The maximum absolute atomic E-state index is 5.96. The van der Waals surface area contributed by atoms with Gasteiger partial charge in [-0.1, -0.05) is 12.1 Å². The van der Waals surface area contributed by atoms with E-state index in [0.717, 1.165) is 31.7 Å². The quantitative estimate of drug-likeness (QED) is 0.780. The number of ether oxygens (including phenoxy) is 2. The van der Waals surface area contributed by atoms with Crippen LogP contribution in [-0.4, -0.2) is 36.7 Å². The summed E-state index contributed by atoms with van der Waals surface area (Å²) < 4.78 is 11.4. The van der Waals surface area contributed by atoms with E-state index in [0.29, 0.717) is 18.2 Å². The molecular weight excluding hydrogens is 294 g/mol. The van der Waals surface area contributed by atoms with Crippen molar-refractivity contribution in [2.75, 3.05) is 25.7 Å². The van der Waals surface area contributed by atoms with Crippen LogP contribution in [0.4, 0.5) is 0 Å². The van der Waals surface area contributed by atoms with Crippen molar-refractivity contribution in [1.82, 2.24) is 4.90 Å². The van der Waals surface area contributed by atoms with Gasteiger partial charge in [-0.3, -0.25) is 0 Å². The molecule has 1 aromatic rings. The lowest BCUT2D eigenvalue weighted by molar-refractivity contribution is 0.00208. The van der Waals surface area contributed by atoms with E-state index in [2.05, 4.69) is 33.9 Å². The Kier molecular flexibility index (Phi) is 5.47. The summed E-state index contributed by atoms with van der Waals surface area (Å²) in [6, 6.07) is 8.08. The van der Waals surface area contributed by atoms with E-state index in [1.807, 2.05) is 18.2 Å². The molecule has 4 heteroatoms. The SMILES string of the molecule is CN1CCC(OCc2cccc(OCBr)c2)CC1. The Bertz CT molecular complexity index is 365. The summed E-state index contributed by atoms with van der Waals surface area (Å²) >= 11 is 3.26. The first-order chi connectivity index (χ1) is 8.78. The molecule has 2 rings (SSSR count). The highest BCUT2D eigenvalue weighted by molar-refractivity contribution is 9.09. The molecule has 1 aliphatic rings. The maximum Gasteiger partial charge on any atom is 0.143 e. The second kappa shape index (κ2) is 7.12. The number of halogens is 1. The number of benzene rings is 1. The van der Waals surface area contributed by atoms with E-state index in [4.69, 9.17) is 9.47 Å². The Labute approximate surface area is 117 Å². The second-order valence-corrected chi connectivity index (χ2v) is 5.17. The molecule has 0 atom stereocenters. The summed E-state index contributed by atoms with van der Waals surface area (Å²) in [7, 11) is 2.16. The predicted molar refractivity (Wildman–Crippen MR) is 76.2 cm³/mol. The van der Waals surface area contributed by atoms with Crippen LogP contribution < -0.4 is 4.74 Å². The molecule has 0 unspecified atom stereocenters. The van der Waals surface area contributed by atoms with Crippen molar-refractivity contribution in [2.45, 2.75) is 25.6 Å². The van der Waals surface area contributed by atoms with Crippen LogP contribution in [-0.2, 0) is 11.3 Å². The first-order valence-electron chi connectivity index (χ1n) is 6.36. The summed E-state index contributed by atoms with van der Waals surface area (Å²) in [5, 5.41) is 0. The van der Waals surface area contributed by atoms with Gasteiger partial charge in [-0.2, -0.15) is 0 Å². The zero-order chi connectivity index (χ0) is 12.8. The van der Waals surface area contributed by atoms with Crippen LogP contribution in [0.5, 0.6) is 5.75 Å². The predicted octanol–water partition coefficient (Wildman–Crippen LogP) is 3.03. The Hall–Kier alpha value is -0.580. The number of hydrogen-bond donors (Lipinski definition) is 0. The van der Waals surface area contributed by atoms with Crippen LogP contribution in [0.2, 0.25) is 0 Å². The Morgan fingerprint density at radius 1 is 1.33 bits per heavy atom. The van der Waals surface area contributed by atoms with E-state index < -0.39 is 0 Å². The highest BCUT2D eigenvalue weighted by Crippen LogP contribution is 2.18. The number of nitrogens with zero attached hydrogens (tertiary/aromatic N) is 1. The molecule has 3 nitrogen and oxygen atoms in total. The molecule has 1 heterocycles. The number of hydrogen-bond acceptors (Lipinski definition) is 3. The number of piperidine rings is 1. The molecule has 0 spiro atoms. The van der Waals surface area contributed by atoms with Gasteiger partial charge in [0, 0.05) is 13.1 Å². The number of alkyl halides is 1. The summed E-state index contributed by atoms with van der Waals surface area (Å²) in [5.74, 6) is 0.886. The summed E-state index contributed by atoms with van der Waals surface area (Å²) in [4.78, 5) is 2.35. The lowest BCUT2D eigenvalue weighted by atomic mass is 10.1. The van der Waals surface area contributed by atoms with Gasteiger partial charge < -0.3 is 14.4 Å². The molecule has 0 bridgehead atoms. The molecule has 100 valence electrons. The van der Waals surface area contributed by atoms with E-state index in [1.165, 1.54) is 5.56 Å². The summed E-state index contributed by atoms with van der Waals surface area (Å²) in [5.41, 5.74) is 1.69. The minimum Gasteiger partial charge on any atom is -0.482 e. The van der Waals surface area contributed by atoms with Crippen molar-refractivity contribution < 1.29 is 9.47 Å². The Morgan fingerprint density at radius 2 is 2.11 bits per heavy atom. The van der Waals surface area contributed by atoms with Gasteiger partial charge in [0.05, 0.1) is 12.7 Å². The molecule has 1 fully saturated rings. The number of likely N-dealkylation sites (tertiary alicyclic amines) is 1. The average molecular weight is 314 g/mol. The second-order valence-electron chi connectivity index (χ2n) is 4.71. The fourth-order valence-electron chi connectivity index (χ4n) is 2.15. The molecule has 0 amide bonds. The molecule has 0 aromatic heterocycles. The molecule has 1 saturated heterocycles. The van der Waals surface area contributed by atoms with Crippen LogP contribution in [0, 0.1) is 0 Å². The zero-order valence-electron chi connectivity index (χ0n) is 10.8. The molecule has 18 heavy (non-hydrogen) atoms. The molecule has 0 saturated carbocycles. The summed E-state index contributed by atoms with van der Waals surface area (Å²) in [6.45, 7) is 2.95. The first kappa shape index (κ1) is 13.8. The third-order valence-corrected chi connectivity index (χ3v) is 3.50. The minimum absolute atomic E-state index is 0.405. The largest absolute Gasteiger partial charge is 0.482 e. The van der Waals surface area contributed by atoms with Crippen molar-refractivity contribution in [1.29, 1.82) is 0 Å². The highest BCUT2D eigenvalue weighted by atomic mass is 79.9. The van der Waals surface area contributed by atoms with Gasteiger partial charge in [0.2, 0.25) is 0 Å². The Morgan fingerprint density at radius 3 is 2.83 bits per heavy atom. The minimum atomic E-state index is 0.405. The van der Waals surface area contributed by atoms with E-state index in [9.17, 15) is 0 Å². The van der Waals surface area contributed by atoms with Gasteiger partial charge in [0.15, 0.2) is 0 Å². The van der Waals surface area contributed by atoms with E-state index in [-0.39, 0.29) is 0 Å². The lowest BCUT2D eigenvalue weighted by Gasteiger charge is -2.28. The lowest BCUT2D eigenvalue weighted by Crippen LogP contribution is -2.34. The summed E-state index contributed by atoms with van der Waals surface area (Å²) in [6.07, 6.45) is 2.67. The third-order valence-electron chi connectivity index (χ3n) is 3.27. The van der Waals surface area contributed by atoms with Crippen LogP contribution >= 0.6 is 15.9 Å². The van der Waals surface area contributed by atoms with Crippen LogP contribution in [0.15, 0.2) is 24.3 Å². The third kappa shape index (κ3) is 4.26. The maximum atomic E-state index is 5.96. The normalized spacial score (nSPS) is 17.9. The van der Waals surface area contributed by atoms with Crippen LogP contribution in [0.1, 0.15) is 18.4 Å². The van der Waals surface area contributed by atoms with Gasteiger partial charge in [-0.15, -0.1) is 0 Å². The number of rotatable bonds is 5. The molecule has 1 aliphatic heterocycles. The van der Waals surface area contributed by atoms with E-state index >= 15 is 0 Å². The Balaban J connectivity index is 1.80. The van der Waals surface area contributed by atoms with Gasteiger partial charge in [0.25, 0.3) is 0 Å². The monoisotopic (exact) mass is 313 g/mol. The average Bonchev–Trinajstić information content (AvgIpc) is 2.39. The molecular formula is C14H20BrNO2. The molecule has 0 N–H and O–H groups in total. The fraction of sp³-hybridized carbons (Fsp3) is 0.571. The van der Waals surface area contributed by atoms with Crippen molar-refractivity contribution in [3.63, 3.8) is 0 Å². The van der Waals surface area contributed by atoms with Gasteiger partial charge >= 0.3 is 0 Å². The van der Waals surface area contributed by atoms with Gasteiger partial charge in [0.1, 0.15) is 11.3 Å². The van der Waals surface area contributed by atoms with Crippen molar-refractivity contribution in [2.24, 2.45) is 0 Å². The van der Waals surface area contributed by atoms with Gasteiger partial charge in [-0.25, -0.2) is 0 Å². The van der Waals surface area contributed by atoms with Crippen molar-refractivity contribution in [3.8, 4) is 5.75 Å². The van der Waals surface area contributed by atoms with Gasteiger partial charge in [-0.05, 0) is 53.5 Å². The molecule has 0 aliphatic carbocycles. The van der Waals surface area contributed by atoms with E-state index in [1.54, 1.807) is 0 Å². The zero-order valence-corrected chi connectivity index (χ0v) is 12.4. The molecule has 1 aromatic carbocycles. The molecule has 0 radical (unpaired) electrons. The highest BCUT2D eigenvalue weighted by Gasteiger charge is 2.16. The first-order valence-corrected chi connectivity index (χ1v) is 7.48. The van der Waals surface area contributed by atoms with Crippen molar-refractivity contribution >= 4 is 15.9 Å². The van der Waals surface area contributed by atoms with Crippen LogP contribution in [0.25, 0.3) is 0 Å². The standard InChI is InChI=1S/C14H20BrNO2/c1-16-7-5-13(6-8-16)17-10-12-3-2-4-14(9-12)18-11-15/h2-4,9,13H,5-8,10-11H2,1H3.